The Kier molecular flexibility index (Phi) is 4.69. The van der Waals surface area contributed by atoms with Crippen LogP contribution in [0.25, 0.3) is 0 Å². The van der Waals surface area contributed by atoms with Crippen LogP contribution < -0.4 is 11.1 Å². The van der Waals surface area contributed by atoms with E-state index in [-0.39, 0.29) is 24.4 Å². The second-order valence-electron chi connectivity index (χ2n) is 6.11. The van der Waals surface area contributed by atoms with Crippen LogP contribution in [0, 0.1) is 11.3 Å². The number of carboxylic acids is 1. The molecule has 1 aliphatic carbocycles. The summed E-state index contributed by atoms with van der Waals surface area (Å²) in [6.45, 7) is 1.15. The van der Waals surface area contributed by atoms with E-state index in [1.807, 2.05) is 0 Å². The lowest BCUT2D eigenvalue weighted by molar-refractivity contribution is -0.148. The molecule has 2 rings (SSSR count). The Labute approximate surface area is 123 Å². The number of likely N-dealkylation sites (tertiary alicyclic amines) is 1. The summed E-state index contributed by atoms with van der Waals surface area (Å²) < 4.78 is 0. The summed E-state index contributed by atoms with van der Waals surface area (Å²) in [5.41, 5.74) is 4.45. The minimum atomic E-state index is -0.826. The van der Waals surface area contributed by atoms with Gasteiger partial charge >= 0.3 is 12.0 Å². The van der Waals surface area contributed by atoms with Crippen molar-refractivity contribution in [2.45, 2.75) is 38.5 Å². The van der Waals surface area contributed by atoms with Crippen LogP contribution in [-0.2, 0) is 9.59 Å². The molecule has 7 nitrogen and oxygen atoms in total. The quantitative estimate of drug-likeness (QED) is 0.702. The molecule has 0 radical (unpaired) electrons. The van der Waals surface area contributed by atoms with E-state index >= 15 is 0 Å². The molecular weight excluding hydrogens is 274 g/mol. The number of primary amides is 1. The molecule has 2 aliphatic rings. The maximum absolute atomic E-state index is 12.1. The number of piperidine rings is 1. The van der Waals surface area contributed by atoms with E-state index in [4.69, 9.17) is 5.73 Å². The first-order valence-corrected chi connectivity index (χ1v) is 7.50. The van der Waals surface area contributed by atoms with Gasteiger partial charge < -0.3 is 21.1 Å². The fourth-order valence-electron chi connectivity index (χ4n) is 3.24. The van der Waals surface area contributed by atoms with Crippen molar-refractivity contribution in [3.63, 3.8) is 0 Å². The second kappa shape index (κ2) is 6.32. The van der Waals surface area contributed by atoms with Gasteiger partial charge in [-0.3, -0.25) is 9.59 Å². The zero-order valence-corrected chi connectivity index (χ0v) is 12.1. The molecule has 0 spiro atoms. The lowest BCUT2D eigenvalue weighted by Crippen LogP contribution is -2.49. The van der Waals surface area contributed by atoms with Gasteiger partial charge in [0.1, 0.15) is 0 Å². The average Bonchev–Trinajstić information content (AvgIpc) is 2.95. The van der Waals surface area contributed by atoms with Crippen molar-refractivity contribution in [1.29, 1.82) is 0 Å². The Morgan fingerprint density at radius 2 is 1.76 bits per heavy atom. The van der Waals surface area contributed by atoms with Crippen LogP contribution in [0.3, 0.4) is 0 Å². The van der Waals surface area contributed by atoms with Crippen molar-refractivity contribution in [3.8, 4) is 0 Å². The number of rotatable bonds is 4. The summed E-state index contributed by atoms with van der Waals surface area (Å²) in [7, 11) is 0. The van der Waals surface area contributed by atoms with Gasteiger partial charge in [0.15, 0.2) is 0 Å². The third-order valence-corrected chi connectivity index (χ3v) is 4.78. The van der Waals surface area contributed by atoms with Crippen LogP contribution in [0.15, 0.2) is 0 Å². The van der Waals surface area contributed by atoms with Gasteiger partial charge in [-0.2, -0.15) is 0 Å². The van der Waals surface area contributed by atoms with Crippen LogP contribution >= 0.6 is 0 Å². The number of amides is 3. The number of hydrogen-bond donors (Lipinski definition) is 3. The van der Waals surface area contributed by atoms with Gasteiger partial charge in [-0.15, -0.1) is 0 Å². The Morgan fingerprint density at radius 1 is 1.19 bits per heavy atom. The molecule has 118 valence electrons. The number of nitrogens with one attached hydrogen (secondary N) is 1. The summed E-state index contributed by atoms with van der Waals surface area (Å²) >= 11 is 0. The van der Waals surface area contributed by atoms with Crippen molar-refractivity contribution in [2.75, 3.05) is 19.6 Å². The van der Waals surface area contributed by atoms with Crippen LogP contribution in [0.1, 0.15) is 38.5 Å². The van der Waals surface area contributed by atoms with Crippen molar-refractivity contribution in [1.82, 2.24) is 10.2 Å². The predicted molar refractivity (Wildman–Crippen MR) is 75.4 cm³/mol. The Balaban J connectivity index is 1.82. The van der Waals surface area contributed by atoms with Gasteiger partial charge in [0.25, 0.3) is 0 Å². The molecule has 1 saturated heterocycles. The molecular formula is C14H23N3O4. The third-order valence-electron chi connectivity index (χ3n) is 4.78. The van der Waals surface area contributed by atoms with E-state index in [1.165, 1.54) is 0 Å². The maximum atomic E-state index is 12.1. The Hall–Kier alpha value is -1.79. The molecule has 1 saturated carbocycles. The predicted octanol–water partition coefficient (Wildman–Crippen LogP) is 0.538. The zero-order valence-electron chi connectivity index (χ0n) is 12.1. The molecule has 0 bridgehead atoms. The lowest BCUT2D eigenvalue weighted by atomic mass is 9.86. The number of nitrogens with zero attached hydrogens (tertiary/aromatic N) is 1. The highest BCUT2D eigenvalue weighted by molar-refractivity contribution is 5.79. The van der Waals surface area contributed by atoms with E-state index in [0.29, 0.717) is 38.8 Å². The number of carboxylic acid groups (broad SMARTS) is 1. The van der Waals surface area contributed by atoms with Gasteiger partial charge in [-0.25, -0.2) is 4.79 Å². The molecule has 1 heterocycles. The van der Waals surface area contributed by atoms with Gasteiger partial charge in [0.05, 0.1) is 5.41 Å². The number of urea groups is 1. The highest BCUT2D eigenvalue weighted by Crippen LogP contribution is 2.37. The molecule has 21 heavy (non-hydrogen) atoms. The molecule has 0 aromatic rings. The molecule has 0 atom stereocenters. The third kappa shape index (κ3) is 3.46. The SMILES string of the molecule is NC(=O)C1CCN(C(=O)NCC2(C(=O)O)CCCC2)CC1. The standard InChI is InChI=1S/C14H23N3O4/c15-11(18)10-3-7-17(8-4-10)13(21)16-9-14(12(19)20)5-1-2-6-14/h10H,1-9H2,(H2,15,18)(H,16,21)(H,19,20). The highest BCUT2D eigenvalue weighted by Gasteiger charge is 2.41. The van der Waals surface area contributed by atoms with Gasteiger partial charge in [0.2, 0.25) is 5.91 Å². The Bertz CT molecular complexity index is 424. The fourth-order valence-corrected chi connectivity index (χ4v) is 3.24. The van der Waals surface area contributed by atoms with Crippen molar-refractivity contribution < 1.29 is 19.5 Å². The summed E-state index contributed by atoms with van der Waals surface area (Å²) in [5.74, 6) is -1.30. The number of nitrogens with two attached hydrogens (primary N) is 1. The maximum Gasteiger partial charge on any atom is 0.317 e. The summed E-state index contributed by atoms with van der Waals surface area (Å²) in [6, 6.07) is -0.245. The average molecular weight is 297 g/mol. The normalized spacial score (nSPS) is 22.0. The van der Waals surface area contributed by atoms with Gasteiger partial charge in [0, 0.05) is 25.6 Å². The van der Waals surface area contributed by atoms with Gasteiger partial charge in [-0.1, -0.05) is 12.8 Å². The van der Waals surface area contributed by atoms with E-state index in [9.17, 15) is 19.5 Å². The van der Waals surface area contributed by atoms with Crippen molar-refractivity contribution in [2.24, 2.45) is 17.1 Å². The highest BCUT2D eigenvalue weighted by atomic mass is 16.4. The van der Waals surface area contributed by atoms with Crippen molar-refractivity contribution >= 4 is 17.9 Å². The Morgan fingerprint density at radius 3 is 2.24 bits per heavy atom. The first-order valence-electron chi connectivity index (χ1n) is 7.50. The molecule has 0 aromatic carbocycles. The molecule has 0 unspecified atom stereocenters. The van der Waals surface area contributed by atoms with Crippen molar-refractivity contribution in [3.05, 3.63) is 0 Å². The molecule has 1 aliphatic heterocycles. The fraction of sp³-hybridized carbons (Fsp3) is 0.786. The first kappa shape index (κ1) is 15.6. The number of aliphatic carboxylic acids is 1. The molecule has 0 aromatic heterocycles. The first-order chi connectivity index (χ1) is 9.94. The van der Waals surface area contributed by atoms with Crippen LogP contribution in [-0.4, -0.2) is 47.5 Å². The molecule has 4 N–H and O–H groups in total. The van der Waals surface area contributed by atoms with Crippen LogP contribution in [0.2, 0.25) is 0 Å². The monoisotopic (exact) mass is 297 g/mol. The van der Waals surface area contributed by atoms with Crippen LogP contribution in [0.5, 0.6) is 0 Å². The van der Waals surface area contributed by atoms with Crippen LogP contribution in [0.4, 0.5) is 4.79 Å². The number of carbonyl (C=O) groups excluding carboxylic acids is 2. The lowest BCUT2D eigenvalue weighted by Gasteiger charge is -2.32. The van der Waals surface area contributed by atoms with E-state index in [2.05, 4.69) is 5.32 Å². The summed E-state index contributed by atoms with van der Waals surface area (Å²) in [6.07, 6.45) is 4.18. The van der Waals surface area contributed by atoms with Gasteiger partial charge in [-0.05, 0) is 25.7 Å². The number of carbonyl (C=O) groups is 3. The minimum Gasteiger partial charge on any atom is -0.481 e. The second-order valence-corrected chi connectivity index (χ2v) is 6.11. The number of hydrogen-bond acceptors (Lipinski definition) is 3. The molecule has 2 fully saturated rings. The smallest absolute Gasteiger partial charge is 0.317 e. The summed E-state index contributed by atoms with van der Waals surface area (Å²) in [4.78, 5) is 36.2. The van der Waals surface area contributed by atoms with E-state index in [0.717, 1.165) is 12.8 Å². The minimum absolute atomic E-state index is 0.158. The zero-order chi connectivity index (χ0) is 15.5. The molecule has 3 amide bonds. The van der Waals surface area contributed by atoms with E-state index < -0.39 is 11.4 Å². The summed E-state index contributed by atoms with van der Waals surface area (Å²) in [5, 5.41) is 12.1. The largest absolute Gasteiger partial charge is 0.481 e. The topological polar surface area (TPSA) is 113 Å². The van der Waals surface area contributed by atoms with E-state index in [1.54, 1.807) is 4.90 Å². The molecule has 7 heteroatoms.